The molecule has 0 amide bonds. The van der Waals surface area contributed by atoms with Gasteiger partial charge in [-0.25, -0.2) is 17.4 Å². The molecule has 0 saturated heterocycles. The van der Waals surface area contributed by atoms with Crippen LogP contribution in [0.4, 0.5) is 13.2 Å². The molecule has 0 aromatic heterocycles. The molecule has 4 nitrogen and oxygen atoms in total. The molecule has 0 radical (unpaired) electrons. The van der Waals surface area contributed by atoms with Crippen molar-refractivity contribution in [3.05, 3.63) is 131 Å². The van der Waals surface area contributed by atoms with Crippen molar-refractivity contribution in [2.45, 2.75) is 17.4 Å². The molecule has 4 aromatic rings. The lowest BCUT2D eigenvalue weighted by molar-refractivity contribution is 0.163. The highest BCUT2D eigenvalue weighted by Gasteiger charge is 2.43. The van der Waals surface area contributed by atoms with Crippen LogP contribution in [0.15, 0.2) is 102 Å². The lowest BCUT2D eigenvalue weighted by atomic mass is 9.80. The maximum Gasteiger partial charge on any atom is 0.298 e. The summed E-state index contributed by atoms with van der Waals surface area (Å²) in [6.45, 7) is 2.21. The minimum absolute atomic E-state index is 0.156. The third kappa shape index (κ3) is 5.08. The number of benzene rings is 4. The van der Waals surface area contributed by atoms with Gasteiger partial charge in [-0.1, -0.05) is 36.4 Å². The summed E-state index contributed by atoms with van der Waals surface area (Å²) in [5.41, 5.74) is -1.16. The normalized spacial score (nSPS) is 11.9. The molecule has 0 heterocycles. The first-order valence-electron chi connectivity index (χ1n) is 10.7. The van der Waals surface area contributed by atoms with Gasteiger partial charge in [-0.3, -0.25) is 0 Å². The molecule has 4 rings (SSSR count). The van der Waals surface area contributed by atoms with Crippen LogP contribution in [0.3, 0.4) is 0 Å². The predicted octanol–water partition coefficient (Wildman–Crippen LogP) is 6.20. The van der Waals surface area contributed by atoms with Crippen LogP contribution >= 0.6 is 0 Å². The van der Waals surface area contributed by atoms with Gasteiger partial charge in [-0.05, 0) is 84.3 Å². The van der Waals surface area contributed by atoms with Gasteiger partial charge < -0.3 is 4.74 Å². The Bertz CT molecular complexity index is 1270. The average molecular weight is 499 g/mol. The van der Waals surface area contributed by atoms with Crippen molar-refractivity contribution in [1.82, 2.24) is 0 Å². The quantitative estimate of drug-likeness (QED) is 0.214. The van der Waals surface area contributed by atoms with Crippen molar-refractivity contribution in [1.29, 1.82) is 0 Å². The number of rotatable bonds is 8. The summed E-state index contributed by atoms with van der Waals surface area (Å²) in [5, 5.41) is 0. The molecule has 0 N–H and O–H groups in total. The van der Waals surface area contributed by atoms with Crippen molar-refractivity contribution >= 4 is 10.1 Å². The monoisotopic (exact) mass is 498 g/mol. The Morgan fingerprint density at radius 1 is 0.629 bits per heavy atom. The highest BCUT2D eigenvalue weighted by molar-refractivity contribution is 7.86. The maximum absolute atomic E-state index is 13.8. The van der Waals surface area contributed by atoms with Crippen molar-refractivity contribution in [3.8, 4) is 5.75 Å². The van der Waals surface area contributed by atoms with Crippen LogP contribution in [0.5, 0.6) is 5.75 Å². The molecule has 0 aliphatic rings. The fourth-order valence-corrected chi connectivity index (χ4v) is 4.96. The molecule has 0 bridgehead atoms. The Hall–Kier alpha value is -3.62. The lowest BCUT2D eigenvalue weighted by Crippen LogP contribution is -2.35. The van der Waals surface area contributed by atoms with E-state index in [2.05, 4.69) is 0 Å². The zero-order valence-electron chi connectivity index (χ0n) is 18.6. The van der Waals surface area contributed by atoms with Gasteiger partial charge in [0.05, 0.1) is 11.5 Å². The van der Waals surface area contributed by atoms with Crippen LogP contribution in [0.25, 0.3) is 0 Å². The number of hydrogen-bond donors (Lipinski definition) is 0. The number of halogens is 3. The van der Waals surface area contributed by atoms with Gasteiger partial charge in [0.15, 0.2) is 5.60 Å². The molecule has 4 aromatic carbocycles. The third-order valence-electron chi connectivity index (χ3n) is 5.41. The Morgan fingerprint density at radius 2 is 1.00 bits per heavy atom. The first-order valence-corrected chi connectivity index (χ1v) is 12.1. The second-order valence-corrected chi connectivity index (χ2v) is 9.19. The SMILES string of the molecule is CCOc1ccc(S(=O)(=O)OC(c2ccc(F)cc2)(c2ccc(F)cc2)c2ccc(F)cc2)cc1. The van der Waals surface area contributed by atoms with E-state index in [0.717, 1.165) is 36.4 Å². The fraction of sp³-hybridized carbons (Fsp3) is 0.111. The van der Waals surface area contributed by atoms with Crippen LogP contribution in [0.2, 0.25) is 0 Å². The summed E-state index contributed by atoms with van der Waals surface area (Å²) in [6.07, 6.45) is 0. The highest BCUT2D eigenvalue weighted by atomic mass is 32.2. The van der Waals surface area contributed by atoms with Crippen LogP contribution < -0.4 is 4.74 Å². The average Bonchev–Trinajstić information content (AvgIpc) is 2.85. The van der Waals surface area contributed by atoms with E-state index in [1.165, 1.54) is 60.7 Å². The van der Waals surface area contributed by atoms with Gasteiger partial charge >= 0.3 is 0 Å². The molecule has 0 unspecified atom stereocenters. The number of ether oxygens (including phenoxy) is 1. The Kier molecular flexibility index (Phi) is 6.95. The van der Waals surface area contributed by atoms with Crippen LogP contribution in [0, 0.1) is 17.5 Å². The summed E-state index contributed by atoms with van der Waals surface area (Å²) in [5.74, 6) is -1.16. The van der Waals surface area contributed by atoms with Crippen molar-refractivity contribution < 1.29 is 30.5 Å². The van der Waals surface area contributed by atoms with Crippen LogP contribution in [0.1, 0.15) is 23.6 Å². The van der Waals surface area contributed by atoms with Gasteiger partial charge in [0.25, 0.3) is 10.1 Å². The van der Waals surface area contributed by atoms with Gasteiger partial charge in [-0.2, -0.15) is 8.42 Å². The summed E-state index contributed by atoms with van der Waals surface area (Å²) in [7, 11) is -4.46. The first kappa shape index (κ1) is 24.5. The maximum atomic E-state index is 13.8. The first-order chi connectivity index (χ1) is 16.7. The van der Waals surface area contributed by atoms with Gasteiger partial charge in [0.1, 0.15) is 23.2 Å². The van der Waals surface area contributed by atoms with E-state index in [1.54, 1.807) is 6.92 Å². The molecule has 8 heteroatoms. The van der Waals surface area contributed by atoms with E-state index in [-0.39, 0.29) is 21.6 Å². The number of hydrogen-bond acceptors (Lipinski definition) is 4. The van der Waals surface area contributed by atoms with E-state index in [0.29, 0.717) is 12.4 Å². The molecular weight excluding hydrogens is 477 g/mol. The zero-order chi connectivity index (χ0) is 25.1. The van der Waals surface area contributed by atoms with Crippen molar-refractivity contribution in [2.24, 2.45) is 0 Å². The summed E-state index contributed by atoms with van der Waals surface area (Å²) in [6, 6.07) is 20.8. The minimum atomic E-state index is -4.46. The summed E-state index contributed by atoms with van der Waals surface area (Å²) < 4.78 is 79.9. The Balaban J connectivity index is 1.95. The van der Waals surface area contributed by atoms with Gasteiger partial charge in [0, 0.05) is 0 Å². The Labute approximate surface area is 201 Å². The molecule has 35 heavy (non-hydrogen) atoms. The van der Waals surface area contributed by atoms with E-state index in [9.17, 15) is 21.6 Å². The second kappa shape index (κ2) is 9.93. The topological polar surface area (TPSA) is 52.6 Å². The van der Waals surface area contributed by atoms with Crippen molar-refractivity contribution in [2.75, 3.05) is 6.61 Å². The van der Waals surface area contributed by atoms with E-state index < -0.39 is 33.2 Å². The largest absolute Gasteiger partial charge is 0.494 e. The second-order valence-electron chi connectivity index (χ2n) is 7.64. The van der Waals surface area contributed by atoms with E-state index >= 15 is 0 Å². The van der Waals surface area contributed by atoms with E-state index in [4.69, 9.17) is 8.92 Å². The van der Waals surface area contributed by atoms with Gasteiger partial charge in [0.2, 0.25) is 0 Å². The smallest absolute Gasteiger partial charge is 0.298 e. The van der Waals surface area contributed by atoms with Crippen LogP contribution in [-0.4, -0.2) is 15.0 Å². The molecule has 0 saturated carbocycles. The van der Waals surface area contributed by atoms with E-state index in [1.807, 2.05) is 0 Å². The molecule has 0 aliphatic heterocycles. The Morgan fingerprint density at radius 3 is 1.34 bits per heavy atom. The molecule has 0 aliphatic carbocycles. The third-order valence-corrected chi connectivity index (χ3v) is 6.73. The zero-order valence-corrected chi connectivity index (χ0v) is 19.4. The van der Waals surface area contributed by atoms with Gasteiger partial charge in [-0.15, -0.1) is 0 Å². The minimum Gasteiger partial charge on any atom is -0.494 e. The highest BCUT2D eigenvalue weighted by Crippen LogP contribution is 2.43. The lowest BCUT2D eigenvalue weighted by Gasteiger charge is -2.35. The van der Waals surface area contributed by atoms with Crippen LogP contribution in [-0.2, 0) is 19.9 Å². The predicted molar refractivity (Wildman–Crippen MR) is 125 cm³/mol. The standard InChI is InChI=1S/C27H21F3O4S/c1-2-33-25-15-17-26(18-16-25)35(31,32)34-27(19-3-9-22(28)10-4-19,20-5-11-23(29)12-6-20)21-7-13-24(30)14-8-21/h3-18H,2H2,1H3. The molecule has 0 spiro atoms. The molecule has 0 atom stereocenters. The fourth-order valence-electron chi connectivity index (χ4n) is 3.78. The van der Waals surface area contributed by atoms with Crippen molar-refractivity contribution in [3.63, 3.8) is 0 Å². The molecule has 180 valence electrons. The summed E-state index contributed by atoms with van der Waals surface area (Å²) in [4.78, 5) is -0.156. The molecular formula is C27H21F3O4S. The molecule has 0 fully saturated rings. The summed E-state index contributed by atoms with van der Waals surface area (Å²) >= 11 is 0.